The van der Waals surface area contributed by atoms with Gasteiger partial charge in [-0.25, -0.2) is 4.79 Å². The number of fused-ring (bicyclic) bond motifs is 1. The summed E-state index contributed by atoms with van der Waals surface area (Å²) in [5.41, 5.74) is 0.00238. The molecule has 7 nitrogen and oxygen atoms in total. The Kier molecular flexibility index (Phi) is 3.81. The first-order valence-corrected chi connectivity index (χ1v) is 5.80. The van der Waals surface area contributed by atoms with E-state index in [4.69, 9.17) is 10.2 Å². The molecule has 20 heavy (non-hydrogen) atoms. The van der Waals surface area contributed by atoms with Crippen molar-refractivity contribution in [3.8, 4) is 0 Å². The van der Waals surface area contributed by atoms with E-state index >= 15 is 0 Å². The second-order valence-electron chi connectivity index (χ2n) is 4.14. The van der Waals surface area contributed by atoms with Crippen LogP contribution in [-0.2, 0) is 4.79 Å². The first kappa shape index (κ1) is 13.8. The van der Waals surface area contributed by atoms with E-state index in [2.05, 4.69) is 10.3 Å². The van der Waals surface area contributed by atoms with Gasteiger partial charge in [-0.2, -0.15) is 0 Å². The smallest absolute Gasteiger partial charge is 0.334 e. The quantitative estimate of drug-likeness (QED) is 0.611. The molecule has 1 aromatic carbocycles. The number of carbonyl (C=O) groups is 2. The van der Waals surface area contributed by atoms with Crippen molar-refractivity contribution in [2.24, 2.45) is 0 Å². The Bertz CT molecular complexity index is 722. The Morgan fingerprint density at radius 2 is 2.00 bits per heavy atom. The Labute approximate surface area is 112 Å². The molecule has 4 N–H and O–H groups in total. The van der Waals surface area contributed by atoms with Crippen LogP contribution >= 0.6 is 0 Å². The van der Waals surface area contributed by atoms with Gasteiger partial charge in [0.15, 0.2) is 6.10 Å². The van der Waals surface area contributed by atoms with E-state index < -0.39 is 30.0 Å². The predicted molar refractivity (Wildman–Crippen MR) is 70.5 cm³/mol. The number of benzene rings is 1. The third-order valence-electron chi connectivity index (χ3n) is 2.77. The summed E-state index contributed by atoms with van der Waals surface area (Å²) in [7, 11) is 0. The van der Waals surface area contributed by atoms with E-state index in [1.807, 2.05) is 0 Å². The summed E-state index contributed by atoms with van der Waals surface area (Å²) < 4.78 is 0. The Hall–Kier alpha value is -2.67. The van der Waals surface area contributed by atoms with Crippen molar-refractivity contribution in [1.82, 2.24) is 10.3 Å². The number of H-pyrrole nitrogens is 1. The van der Waals surface area contributed by atoms with Crippen LogP contribution in [-0.4, -0.2) is 39.7 Å². The van der Waals surface area contributed by atoms with Crippen molar-refractivity contribution in [1.29, 1.82) is 0 Å². The number of aromatic nitrogens is 1. The molecular weight excluding hydrogens is 264 g/mol. The highest BCUT2D eigenvalue weighted by Gasteiger charge is 2.17. The van der Waals surface area contributed by atoms with E-state index in [0.29, 0.717) is 10.9 Å². The molecule has 1 aromatic heterocycles. The number of nitrogens with one attached hydrogen (secondary N) is 2. The standard InChI is InChI=1S/C13H12N2O5/c16-10(13(19)20)6-15-12(18)8-5-14-9-4-2-1-3-7(9)11(8)17/h1-5,10,16H,6H2,(H,14,17)(H,15,18)(H,19,20)/t10-/m0/s1. The lowest BCUT2D eigenvalue weighted by Crippen LogP contribution is -2.38. The van der Waals surface area contributed by atoms with Crippen molar-refractivity contribution in [2.45, 2.75) is 6.10 Å². The second kappa shape index (κ2) is 5.54. The van der Waals surface area contributed by atoms with Crippen molar-refractivity contribution in [3.63, 3.8) is 0 Å². The summed E-state index contributed by atoms with van der Waals surface area (Å²) in [5, 5.41) is 20.1. The van der Waals surface area contributed by atoms with Crippen molar-refractivity contribution < 1.29 is 19.8 Å². The lowest BCUT2D eigenvalue weighted by molar-refractivity contribution is -0.146. The third kappa shape index (κ3) is 2.67. The minimum Gasteiger partial charge on any atom is -0.479 e. The number of aliphatic carboxylic acids is 1. The highest BCUT2D eigenvalue weighted by atomic mass is 16.4. The first-order chi connectivity index (χ1) is 9.50. The van der Waals surface area contributed by atoms with Crippen LogP contribution in [0.3, 0.4) is 0 Å². The highest BCUT2D eigenvalue weighted by Crippen LogP contribution is 2.06. The van der Waals surface area contributed by atoms with Gasteiger partial charge in [-0.3, -0.25) is 9.59 Å². The largest absolute Gasteiger partial charge is 0.479 e. The molecule has 7 heteroatoms. The van der Waals surface area contributed by atoms with Gasteiger partial charge in [-0.1, -0.05) is 12.1 Å². The number of hydrogen-bond acceptors (Lipinski definition) is 4. The molecule has 2 rings (SSSR count). The van der Waals surface area contributed by atoms with E-state index in [9.17, 15) is 14.4 Å². The van der Waals surface area contributed by atoms with Gasteiger partial charge in [0.2, 0.25) is 5.43 Å². The average Bonchev–Trinajstić information content (AvgIpc) is 2.45. The van der Waals surface area contributed by atoms with Crippen LogP contribution in [0, 0.1) is 0 Å². The first-order valence-electron chi connectivity index (χ1n) is 5.80. The molecular formula is C13H12N2O5. The number of aliphatic hydroxyl groups excluding tert-OH is 1. The lowest BCUT2D eigenvalue weighted by Gasteiger charge is -2.08. The van der Waals surface area contributed by atoms with Crippen LogP contribution in [0.4, 0.5) is 0 Å². The number of rotatable bonds is 4. The molecule has 1 amide bonds. The molecule has 0 fully saturated rings. The monoisotopic (exact) mass is 276 g/mol. The molecule has 2 aromatic rings. The molecule has 0 spiro atoms. The number of pyridine rings is 1. The van der Waals surface area contributed by atoms with Gasteiger partial charge in [0.05, 0.1) is 6.54 Å². The molecule has 0 saturated heterocycles. The molecule has 0 aliphatic heterocycles. The van der Waals surface area contributed by atoms with Gasteiger partial charge >= 0.3 is 5.97 Å². The zero-order valence-electron chi connectivity index (χ0n) is 10.3. The normalized spacial score (nSPS) is 12.1. The fourth-order valence-corrected chi connectivity index (χ4v) is 1.71. The number of amides is 1. The summed E-state index contributed by atoms with van der Waals surface area (Å²) in [6.07, 6.45) is -0.453. The van der Waals surface area contributed by atoms with Crippen molar-refractivity contribution in [3.05, 3.63) is 46.2 Å². The fraction of sp³-hybridized carbons (Fsp3) is 0.154. The molecule has 0 radical (unpaired) electrons. The second-order valence-corrected chi connectivity index (χ2v) is 4.14. The number of aliphatic hydroxyl groups is 1. The fourth-order valence-electron chi connectivity index (χ4n) is 1.71. The van der Waals surface area contributed by atoms with E-state index in [0.717, 1.165) is 0 Å². The van der Waals surface area contributed by atoms with Crippen LogP contribution in [0.25, 0.3) is 10.9 Å². The van der Waals surface area contributed by atoms with Gasteiger partial charge in [0.25, 0.3) is 5.91 Å². The lowest BCUT2D eigenvalue weighted by atomic mass is 10.1. The van der Waals surface area contributed by atoms with E-state index in [1.165, 1.54) is 6.20 Å². The minimum absolute atomic E-state index is 0.138. The van der Waals surface area contributed by atoms with Crippen molar-refractivity contribution in [2.75, 3.05) is 6.54 Å². The Morgan fingerprint density at radius 1 is 1.30 bits per heavy atom. The number of carboxylic acid groups (broad SMARTS) is 1. The minimum atomic E-state index is -1.71. The van der Waals surface area contributed by atoms with Crippen molar-refractivity contribution >= 4 is 22.8 Å². The van der Waals surface area contributed by atoms with Crippen LogP contribution < -0.4 is 10.7 Å². The number of carboxylic acids is 1. The van der Waals surface area contributed by atoms with Crippen LogP contribution in [0.2, 0.25) is 0 Å². The number of carbonyl (C=O) groups excluding carboxylic acids is 1. The molecule has 0 saturated carbocycles. The summed E-state index contributed by atoms with van der Waals surface area (Å²) in [5.74, 6) is -2.19. The molecule has 0 aliphatic rings. The van der Waals surface area contributed by atoms with E-state index in [1.54, 1.807) is 24.3 Å². The van der Waals surface area contributed by atoms with Gasteiger partial charge in [0.1, 0.15) is 5.56 Å². The van der Waals surface area contributed by atoms with Gasteiger partial charge in [-0.15, -0.1) is 0 Å². The zero-order chi connectivity index (χ0) is 14.7. The maximum Gasteiger partial charge on any atom is 0.334 e. The molecule has 0 bridgehead atoms. The third-order valence-corrected chi connectivity index (χ3v) is 2.77. The van der Waals surface area contributed by atoms with Gasteiger partial charge in [0, 0.05) is 17.1 Å². The average molecular weight is 276 g/mol. The predicted octanol–water partition coefficient (Wildman–Crippen LogP) is -0.297. The Morgan fingerprint density at radius 3 is 2.70 bits per heavy atom. The van der Waals surface area contributed by atoms with Crippen LogP contribution in [0.1, 0.15) is 10.4 Å². The molecule has 1 atom stereocenters. The summed E-state index contributed by atoms with van der Waals surface area (Å²) >= 11 is 0. The summed E-state index contributed by atoms with van der Waals surface area (Å²) in [6.45, 7) is -0.472. The molecule has 0 unspecified atom stereocenters. The van der Waals surface area contributed by atoms with Gasteiger partial charge < -0.3 is 20.5 Å². The van der Waals surface area contributed by atoms with Gasteiger partial charge in [-0.05, 0) is 12.1 Å². The number of hydrogen-bond donors (Lipinski definition) is 4. The van der Waals surface area contributed by atoms with Crippen LogP contribution in [0.5, 0.6) is 0 Å². The summed E-state index contributed by atoms with van der Waals surface area (Å²) in [6, 6.07) is 6.71. The zero-order valence-corrected chi connectivity index (χ0v) is 10.3. The molecule has 104 valence electrons. The van der Waals surface area contributed by atoms with E-state index in [-0.39, 0.29) is 5.56 Å². The van der Waals surface area contributed by atoms with Crippen LogP contribution in [0.15, 0.2) is 35.3 Å². The number of para-hydroxylation sites is 1. The maximum atomic E-state index is 12.1. The maximum absolute atomic E-state index is 12.1. The molecule has 1 heterocycles. The summed E-state index contributed by atoms with van der Waals surface area (Å²) in [4.78, 5) is 37.1. The highest BCUT2D eigenvalue weighted by molar-refractivity contribution is 5.97. The SMILES string of the molecule is O=C(NC[C@H](O)C(=O)O)c1c[nH]c2ccccc2c1=O. The molecule has 0 aliphatic carbocycles. The Balaban J connectivity index is 2.25. The number of aromatic amines is 1. The topological polar surface area (TPSA) is 119 Å².